The maximum absolute atomic E-state index is 13.6. The smallest absolute Gasteiger partial charge is 0.411 e. The van der Waals surface area contributed by atoms with Crippen LogP contribution in [-0.2, 0) is 20.9 Å². The van der Waals surface area contributed by atoms with Gasteiger partial charge in [-0.1, -0.05) is 24.3 Å². The van der Waals surface area contributed by atoms with E-state index in [1.165, 1.54) is 24.0 Å². The van der Waals surface area contributed by atoms with E-state index < -0.39 is 24.1 Å². The molecule has 4 rings (SSSR count). The van der Waals surface area contributed by atoms with Crippen LogP contribution in [0.5, 0.6) is 0 Å². The maximum atomic E-state index is 13.6. The van der Waals surface area contributed by atoms with E-state index in [0.717, 1.165) is 12.8 Å². The zero-order valence-electron chi connectivity index (χ0n) is 16.4. The van der Waals surface area contributed by atoms with Gasteiger partial charge in [0.2, 0.25) is 11.8 Å². The number of carbonyl (C=O) groups is 3. The van der Waals surface area contributed by atoms with E-state index in [2.05, 4.69) is 10.6 Å². The maximum Gasteiger partial charge on any atom is 0.411 e. The minimum absolute atomic E-state index is 0.0554. The standard InChI is InChI=1S/C22H22FN3O4/c1-13(27)24-17-7-5-15(6-8-17)20-19(21(28)25-18-9-10-18)26(22(29)30-20)12-14-3-2-4-16(23)11-14/h2-8,11,18-20H,9-10,12H2,1H3,(H,24,27)(H,25,28)/t19-,20-/m1/s1. The van der Waals surface area contributed by atoms with E-state index in [0.29, 0.717) is 16.8 Å². The topological polar surface area (TPSA) is 87.7 Å². The molecule has 0 bridgehead atoms. The van der Waals surface area contributed by atoms with Gasteiger partial charge in [0.15, 0.2) is 12.1 Å². The van der Waals surface area contributed by atoms with Crippen LogP contribution in [0.1, 0.15) is 37.0 Å². The summed E-state index contributed by atoms with van der Waals surface area (Å²) in [6.07, 6.45) is 0.378. The summed E-state index contributed by atoms with van der Waals surface area (Å²) in [5.41, 5.74) is 1.80. The van der Waals surface area contributed by atoms with E-state index in [9.17, 15) is 18.8 Å². The predicted molar refractivity (Wildman–Crippen MR) is 107 cm³/mol. The fourth-order valence-corrected chi connectivity index (χ4v) is 3.52. The van der Waals surface area contributed by atoms with Crippen molar-refractivity contribution < 1.29 is 23.5 Å². The Morgan fingerprint density at radius 3 is 2.53 bits per heavy atom. The van der Waals surface area contributed by atoms with Gasteiger partial charge in [0.1, 0.15) is 5.82 Å². The number of nitrogens with zero attached hydrogens (tertiary/aromatic N) is 1. The van der Waals surface area contributed by atoms with Crippen molar-refractivity contribution in [3.8, 4) is 0 Å². The molecular formula is C22H22FN3O4. The second-order valence-corrected chi connectivity index (χ2v) is 7.59. The van der Waals surface area contributed by atoms with Gasteiger partial charge < -0.3 is 15.4 Å². The first-order valence-corrected chi connectivity index (χ1v) is 9.80. The van der Waals surface area contributed by atoms with Crippen LogP contribution in [0.25, 0.3) is 0 Å². The molecule has 2 atom stereocenters. The molecule has 2 fully saturated rings. The van der Waals surface area contributed by atoms with Gasteiger partial charge in [-0.05, 0) is 48.2 Å². The molecule has 2 aromatic rings. The summed E-state index contributed by atoms with van der Waals surface area (Å²) in [5.74, 6) is -0.905. The lowest BCUT2D eigenvalue weighted by molar-refractivity contribution is -0.126. The van der Waals surface area contributed by atoms with Crippen LogP contribution >= 0.6 is 0 Å². The SMILES string of the molecule is CC(=O)Nc1ccc([C@H]2OC(=O)N(Cc3cccc(F)c3)[C@H]2C(=O)NC2CC2)cc1. The molecule has 1 saturated carbocycles. The van der Waals surface area contributed by atoms with Gasteiger partial charge in [-0.2, -0.15) is 0 Å². The molecule has 2 aromatic carbocycles. The number of benzene rings is 2. The molecule has 30 heavy (non-hydrogen) atoms. The third kappa shape index (κ3) is 4.42. The fourth-order valence-electron chi connectivity index (χ4n) is 3.52. The molecule has 2 N–H and O–H groups in total. The summed E-state index contributed by atoms with van der Waals surface area (Å²) >= 11 is 0. The van der Waals surface area contributed by atoms with Gasteiger partial charge in [0, 0.05) is 18.7 Å². The van der Waals surface area contributed by atoms with E-state index in [1.807, 2.05) is 0 Å². The number of rotatable bonds is 6. The Bertz CT molecular complexity index is 975. The molecule has 2 aliphatic rings. The second-order valence-electron chi connectivity index (χ2n) is 7.59. The number of anilines is 1. The molecule has 0 aromatic heterocycles. The number of ether oxygens (including phenoxy) is 1. The summed E-state index contributed by atoms with van der Waals surface area (Å²) in [6.45, 7) is 1.47. The minimum Gasteiger partial charge on any atom is -0.438 e. The molecule has 0 radical (unpaired) electrons. The molecule has 1 aliphatic heterocycles. The Labute approximate surface area is 173 Å². The highest BCUT2D eigenvalue weighted by molar-refractivity contribution is 5.90. The molecule has 156 valence electrons. The Morgan fingerprint density at radius 2 is 1.90 bits per heavy atom. The monoisotopic (exact) mass is 411 g/mol. The summed E-state index contributed by atoms with van der Waals surface area (Å²) in [5, 5.41) is 5.61. The number of carbonyl (C=O) groups excluding carboxylic acids is 3. The third-order valence-corrected chi connectivity index (χ3v) is 5.08. The quantitative estimate of drug-likeness (QED) is 0.765. The molecule has 3 amide bonds. The Balaban J connectivity index is 1.60. The number of hydrogen-bond donors (Lipinski definition) is 2. The molecule has 1 heterocycles. The first kappa shape index (κ1) is 19.9. The molecule has 1 aliphatic carbocycles. The molecular weight excluding hydrogens is 389 g/mol. The van der Waals surface area contributed by atoms with Crippen LogP contribution in [0.4, 0.5) is 14.9 Å². The highest BCUT2D eigenvalue weighted by atomic mass is 19.1. The van der Waals surface area contributed by atoms with Gasteiger partial charge in [0.05, 0.1) is 6.54 Å². The number of nitrogens with one attached hydrogen (secondary N) is 2. The zero-order chi connectivity index (χ0) is 21.3. The van der Waals surface area contributed by atoms with Crippen molar-refractivity contribution in [2.45, 2.75) is 44.5 Å². The molecule has 7 nitrogen and oxygen atoms in total. The van der Waals surface area contributed by atoms with Crippen molar-refractivity contribution in [2.75, 3.05) is 5.32 Å². The van der Waals surface area contributed by atoms with Gasteiger partial charge in [0.25, 0.3) is 0 Å². The van der Waals surface area contributed by atoms with Crippen molar-refractivity contribution in [2.24, 2.45) is 0 Å². The summed E-state index contributed by atoms with van der Waals surface area (Å²) in [7, 11) is 0. The van der Waals surface area contributed by atoms with E-state index in [-0.39, 0.29) is 24.4 Å². The summed E-state index contributed by atoms with van der Waals surface area (Å²) < 4.78 is 19.2. The molecule has 0 spiro atoms. The largest absolute Gasteiger partial charge is 0.438 e. The fraction of sp³-hybridized carbons (Fsp3) is 0.318. The van der Waals surface area contributed by atoms with E-state index >= 15 is 0 Å². The number of hydrogen-bond acceptors (Lipinski definition) is 4. The van der Waals surface area contributed by atoms with Gasteiger partial charge in [-0.3, -0.25) is 14.5 Å². The van der Waals surface area contributed by atoms with Crippen molar-refractivity contribution >= 4 is 23.6 Å². The van der Waals surface area contributed by atoms with Crippen molar-refractivity contribution in [3.05, 3.63) is 65.5 Å². The number of amides is 3. The van der Waals surface area contributed by atoms with Crippen molar-refractivity contribution in [1.29, 1.82) is 0 Å². The zero-order valence-corrected chi connectivity index (χ0v) is 16.4. The normalized spacial score (nSPS) is 20.6. The lowest BCUT2D eigenvalue weighted by atomic mass is 10.00. The van der Waals surface area contributed by atoms with Gasteiger partial charge in [-0.15, -0.1) is 0 Å². The Kier molecular flexibility index (Phi) is 5.39. The minimum atomic E-state index is -0.881. The highest BCUT2D eigenvalue weighted by Crippen LogP contribution is 2.35. The first-order valence-electron chi connectivity index (χ1n) is 9.80. The molecule has 8 heteroatoms. The number of halogens is 1. The summed E-state index contributed by atoms with van der Waals surface area (Å²) in [6, 6.07) is 12.0. The second kappa shape index (κ2) is 8.14. The highest BCUT2D eigenvalue weighted by Gasteiger charge is 2.47. The van der Waals surface area contributed by atoms with Crippen LogP contribution in [-0.4, -0.2) is 34.9 Å². The molecule has 1 saturated heterocycles. The lowest BCUT2D eigenvalue weighted by Gasteiger charge is -2.24. The summed E-state index contributed by atoms with van der Waals surface area (Å²) in [4.78, 5) is 38.2. The average Bonchev–Trinajstić information content (AvgIpc) is 3.44. The van der Waals surface area contributed by atoms with E-state index in [1.54, 1.807) is 36.4 Å². The third-order valence-electron chi connectivity index (χ3n) is 5.08. The lowest BCUT2D eigenvalue weighted by Crippen LogP contribution is -2.46. The van der Waals surface area contributed by atoms with Gasteiger partial charge in [-0.25, -0.2) is 9.18 Å². The Morgan fingerprint density at radius 1 is 1.17 bits per heavy atom. The van der Waals surface area contributed by atoms with Crippen molar-refractivity contribution in [1.82, 2.24) is 10.2 Å². The Hall–Kier alpha value is -3.42. The van der Waals surface area contributed by atoms with E-state index in [4.69, 9.17) is 4.74 Å². The number of cyclic esters (lactones) is 1. The predicted octanol–water partition coefficient (Wildman–Crippen LogP) is 3.12. The van der Waals surface area contributed by atoms with Gasteiger partial charge >= 0.3 is 6.09 Å². The van der Waals surface area contributed by atoms with Crippen LogP contribution in [0, 0.1) is 5.82 Å². The molecule has 0 unspecified atom stereocenters. The van der Waals surface area contributed by atoms with Crippen LogP contribution in [0.2, 0.25) is 0 Å². The first-order chi connectivity index (χ1) is 14.4. The van der Waals surface area contributed by atoms with Crippen LogP contribution in [0.15, 0.2) is 48.5 Å². The van der Waals surface area contributed by atoms with Crippen LogP contribution < -0.4 is 10.6 Å². The van der Waals surface area contributed by atoms with Crippen LogP contribution in [0.3, 0.4) is 0 Å². The van der Waals surface area contributed by atoms with Crippen molar-refractivity contribution in [3.63, 3.8) is 0 Å². The average molecular weight is 411 g/mol.